The molecule has 0 radical (unpaired) electrons. The predicted molar refractivity (Wildman–Crippen MR) is 89.6 cm³/mol. The molecule has 2 aromatic rings. The van der Waals surface area contributed by atoms with Crippen LogP contribution in [0.15, 0.2) is 30.3 Å². The largest absolute Gasteiger partial charge is 0.356 e. The molecule has 1 unspecified atom stereocenters. The summed E-state index contributed by atoms with van der Waals surface area (Å²) in [7, 11) is 0. The Balaban J connectivity index is 2.00. The Kier molecular flexibility index (Phi) is 4.25. The lowest BCUT2D eigenvalue weighted by Gasteiger charge is -2.24. The summed E-state index contributed by atoms with van der Waals surface area (Å²) < 4.78 is 0. The number of para-hydroxylation sites is 1. The molecule has 106 valence electrons. The van der Waals surface area contributed by atoms with Gasteiger partial charge in [0, 0.05) is 29.4 Å². The fourth-order valence-electron chi connectivity index (χ4n) is 3.00. The van der Waals surface area contributed by atoms with E-state index in [-0.39, 0.29) is 0 Å². The standard InChI is InChI=1S/C17H21BrN2/c1-13-5-4-9-20(10-8-13)17-15(12-18)11-14-6-2-3-7-16(14)19-17/h2-3,6-7,11,13H,4-5,8-10,12H2,1H3. The Bertz CT molecular complexity index is 597. The van der Waals surface area contributed by atoms with E-state index in [0.29, 0.717) is 0 Å². The van der Waals surface area contributed by atoms with E-state index in [0.717, 1.165) is 29.9 Å². The normalized spacial score (nSPS) is 20.1. The number of aromatic nitrogens is 1. The molecule has 2 nitrogen and oxygen atoms in total. The maximum atomic E-state index is 4.93. The molecule has 3 heteroatoms. The van der Waals surface area contributed by atoms with Crippen molar-refractivity contribution in [3.63, 3.8) is 0 Å². The molecule has 1 fully saturated rings. The molecule has 1 aliphatic rings. The first-order valence-corrected chi connectivity index (χ1v) is 8.59. The van der Waals surface area contributed by atoms with Crippen LogP contribution in [0, 0.1) is 5.92 Å². The van der Waals surface area contributed by atoms with Crippen LogP contribution >= 0.6 is 15.9 Å². The molecule has 0 amide bonds. The second-order valence-corrected chi connectivity index (χ2v) is 6.38. The highest BCUT2D eigenvalue weighted by atomic mass is 79.9. The summed E-state index contributed by atoms with van der Waals surface area (Å²) in [6.07, 6.45) is 3.89. The maximum absolute atomic E-state index is 4.93. The third kappa shape index (κ3) is 2.83. The van der Waals surface area contributed by atoms with E-state index >= 15 is 0 Å². The Hall–Kier alpha value is -1.09. The lowest BCUT2D eigenvalue weighted by molar-refractivity contribution is 0.521. The van der Waals surface area contributed by atoms with Crippen molar-refractivity contribution in [2.75, 3.05) is 18.0 Å². The van der Waals surface area contributed by atoms with E-state index in [1.165, 1.54) is 36.0 Å². The summed E-state index contributed by atoms with van der Waals surface area (Å²) in [5.74, 6) is 2.02. The zero-order valence-corrected chi connectivity index (χ0v) is 13.6. The Morgan fingerprint density at radius 3 is 2.95 bits per heavy atom. The molecule has 1 saturated heterocycles. The number of halogens is 1. The van der Waals surface area contributed by atoms with Crippen molar-refractivity contribution >= 4 is 32.7 Å². The number of pyridine rings is 1. The lowest BCUT2D eigenvalue weighted by Crippen LogP contribution is -2.26. The van der Waals surface area contributed by atoms with Gasteiger partial charge in [0.1, 0.15) is 5.82 Å². The summed E-state index contributed by atoms with van der Waals surface area (Å²) >= 11 is 3.63. The van der Waals surface area contributed by atoms with Gasteiger partial charge in [-0.15, -0.1) is 0 Å². The average molecular weight is 333 g/mol. The van der Waals surface area contributed by atoms with Crippen LogP contribution in [0.2, 0.25) is 0 Å². The van der Waals surface area contributed by atoms with Gasteiger partial charge in [0.05, 0.1) is 5.52 Å². The molecule has 1 aliphatic heterocycles. The quantitative estimate of drug-likeness (QED) is 0.737. The second-order valence-electron chi connectivity index (χ2n) is 5.82. The van der Waals surface area contributed by atoms with Gasteiger partial charge in [-0.2, -0.15) is 0 Å². The molecule has 0 aliphatic carbocycles. The maximum Gasteiger partial charge on any atom is 0.133 e. The van der Waals surface area contributed by atoms with Gasteiger partial charge in [-0.3, -0.25) is 0 Å². The average Bonchev–Trinajstić information content (AvgIpc) is 2.70. The molecule has 0 bridgehead atoms. The minimum atomic E-state index is 0.841. The Labute approximate surface area is 129 Å². The summed E-state index contributed by atoms with van der Waals surface area (Å²) in [4.78, 5) is 7.41. The van der Waals surface area contributed by atoms with Crippen LogP contribution < -0.4 is 4.90 Å². The van der Waals surface area contributed by atoms with E-state index in [9.17, 15) is 0 Å². The Morgan fingerprint density at radius 1 is 1.25 bits per heavy atom. The van der Waals surface area contributed by atoms with E-state index in [4.69, 9.17) is 4.98 Å². The van der Waals surface area contributed by atoms with Crippen LogP contribution in [0.1, 0.15) is 31.7 Å². The minimum Gasteiger partial charge on any atom is -0.356 e. The minimum absolute atomic E-state index is 0.841. The Morgan fingerprint density at radius 2 is 2.10 bits per heavy atom. The molecule has 20 heavy (non-hydrogen) atoms. The van der Waals surface area contributed by atoms with Crippen LogP contribution in [-0.2, 0) is 5.33 Å². The van der Waals surface area contributed by atoms with Crippen molar-refractivity contribution in [2.24, 2.45) is 5.92 Å². The molecule has 0 saturated carbocycles. The third-order valence-corrected chi connectivity index (χ3v) is 4.84. The van der Waals surface area contributed by atoms with Gasteiger partial charge in [-0.25, -0.2) is 4.98 Å². The SMILES string of the molecule is CC1CCCN(c2nc3ccccc3cc2CBr)CC1. The first-order chi connectivity index (χ1) is 9.78. The lowest BCUT2D eigenvalue weighted by atomic mass is 10.0. The van der Waals surface area contributed by atoms with Gasteiger partial charge < -0.3 is 4.90 Å². The predicted octanol–water partition coefficient (Wildman–Crippen LogP) is 4.76. The number of hydrogen-bond donors (Lipinski definition) is 0. The van der Waals surface area contributed by atoms with Crippen LogP contribution in [0.5, 0.6) is 0 Å². The molecule has 2 heterocycles. The van der Waals surface area contributed by atoms with Crippen LogP contribution in [0.3, 0.4) is 0 Å². The highest BCUT2D eigenvalue weighted by Crippen LogP contribution is 2.28. The number of nitrogens with zero attached hydrogens (tertiary/aromatic N) is 2. The number of hydrogen-bond acceptors (Lipinski definition) is 2. The molecule has 0 spiro atoms. The molecular weight excluding hydrogens is 312 g/mol. The molecule has 1 aromatic heterocycles. The van der Waals surface area contributed by atoms with E-state index in [1.54, 1.807) is 0 Å². The number of fused-ring (bicyclic) bond motifs is 1. The van der Waals surface area contributed by atoms with E-state index in [2.05, 4.69) is 58.1 Å². The number of benzene rings is 1. The van der Waals surface area contributed by atoms with Crippen LogP contribution in [-0.4, -0.2) is 18.1 Å². The highest BCUT2D eigenvalue weighted by Gasteiger charge is 2.18. The third-order valence-electron chi connectivity index (χ3n) is 4.24. The number of alkyl halides is 1. The fraction of sp³-hybridized carbons (Fsp3) is 0.471. The number of anilines is 1. The first-order valence-electron chi connectivity index (χ1n) is 7.47. The van der Waals surface area contributed by atoms with E-state index < -0.39 is 0 Å². The van der Waals surface area contributed by atoms with Gasteiger partial charge >= 0.3 is 0 Å². The van der Waals surface area contributed by atoms with Gasteiger partial charge in [0.25, 0.3) is 0 Å². The second kappa shape index (κ2) is 6.13. The molecule has 1 atom stereocenters. The van der Waals surface area contributed by atoms with Crippen LogP contribution in [0.4, 0.5) is 5.82 Å². The van der Waals surface area contributed by atoms with Crippen molar-refractivity contribution in [1.29, 1.82) is 0 Å². The van der Waals surface area contributed by atoms with Gasteiger partial charge in [0.15, 0.2) is 0 Å². The summed E-state index contributed by atoms with van der Waals surface area (Å²) in [5, 5.41) is 2.10. The van der Waals surface area contributed by atoms with Crippen molar-refractivity contribution in [3.8, 4) is 0 Å². The molecule has 1 aromatic carbocycles. The fourth-order valence-corrected chi connectivity index (χ4v) is 3.41. The van der Waals surface area contributed by atoms with Crippen molar-refractivity contribution in [3.05, 3.63) is 35.9 Å². The monoisotopic (exact) mass is 332 g/mol. The van der Waals surface area contributed by atoms with Crippen molar-refractivity contribution in [1.82, 2.24) is 4.98 Å². The molecular formula is C17H21BrN2. The smallest absolute Gasteiger partial charge is 0.133 e. The van der Waals surface area contributed by atoms with Crippen LogP contribution in [0.25, 0.3) is 10.9 Å². The zero-order chi connectivity index (χ0) is 13.9. The van der Waals surface area contributed by atoms with Crippen molar-refractivity contribution < 1.29 is 0 Å². The zero-order valence-electron chi connectivity index (χ0n) is 12.0. The molecule has 3 rings (SSSR count). The molecule has 0 N–H and O–H groups in total. The summed E-state index contributed by atoms with van der Waals surface area (Å²) in [5.41, 5.74) is 2.41. The van der Waals surface area contributed by atoms with Gasteiger partial charge in [-0.1, -0.05) is 41.1 Å². The topological polar surface area (TPSA) is 16.1 Å². The first kappa shape index (κ1) is 13.9. The van der Waals surface area contributed by atoms with Gasteiger partial charge in [0.2, 0.25) is 0 Å². The van der Waals surface area contributed by atoms with Crippen molar-refractivity contribution in [2.45, 2.75) is 31.5 Å². The summed E-state index contributed by atoms with van der Waals surface area (Å²) in [6.45, 7) is 4.63. The number of rotatable bonds is 2. The van der Waals surface area contributed by atoms with E-state index in [1.807, 2.05) is 0 Å². The summed E-state index contributed by atoms with van der Waals surface area (Å²) in [6, 6.07) is 10.7. The van der Waals surface area contributed by atoms with Gasteiger partial charge in [-0.05, 0) is 37.3 Å². The highest BCUT2D eigenvalue weighted by molar-refractivity contribution is 9.08.